The zero-order valence-electron chi connectivity index (χ0n) is 13.9. The molecule has 116 valence electrons. The van der Waals surface area contributed by atoms with E-state index in [0.717, 1.165) is 13.0 Å². The Kier molecular flexibility index (Phi) is 4.72. The monoisotopic (exact) mass is 288 g/mol. The van der Waals surface area contributed by atoms with Gasteiger partial charge in [0.2, 0.25) is 5.91 Å². The van der Waals surface area contributed by atoms with E-state index < -0.39 is 0 Å². The number of nitrogens with zero attached hydrogens (tertiary/aromatic N) is 1. The Morgan fingerprint density at radius 3 is 2.38 bits per heavy atom. The molecule has 3 heteroatoms. The highest BCUT2D eigenvalue weighted by Crippen LogP contribution is 2.32. The van der Waals surface area contributed by atoms with Crippen LogP contribution in [0.2, 0.25) is 0 Å². The molecule has 1 heterocycles. The van der Waals surface area contributed by atoms with Crippen molar-refractivity contribution in [2.45, 2.75) is 53.2 Å². The predicted octanol–water partition coefficient (Wildman–Crippen LogP) is 3.58. The Morgan fingerprint density at radius 2 is 1.86 bits per heavy atom. The largest absolute Gasteiger partial charge is 0.321 e. The first-order valence-corrected chi connectivity index (χ1v) is 7.97. The molecular formula is C18H28N2O. The van der Waals surface area contributed by atoms with Gasteiger partial charge in [-0.15, -0.1) is 0 Å². The van der Waals surface area contributed by atoms with Crippen LogP contribution in [0.5, 0.6) is 0 Å². The van der Waals surface area contributed by atoms with Gasteiger partial charge >= 0.3 is 0 Å². The Hall–Kier alpha value is -1.35. The number of rotatable bonds is 5. The van der Waals surface area contributed by atoms with Crippen molar-refractivity contribution in [3.8, 4) is 0 Å². The van der Waals surface area contributed by atoms with Crippen molar-refractivity contribution < 1.29 is 4.79 Å². The van der Waals surface area contributed by atoms with Gasteiger partial charge in [-0.2, -0.15) is 0 Å². The minimum Gasteiger partial charge on any atom is -0.321 e. The molecule has 21 heavy (non-hydrogen) atoms. The molecule has 1 fully saturated rings. The molecule has 0 aromatic heterocycles. The molecule has 0 radical (unpaired) electrons. The summed E-state index contributed by atoms with van der Waals surface area (Å²) in [5, 5.41) is 3.53. The van der Waals surface area contributed by atoms with Gasteiger partial charge in [-0.1, -0.05) is 65.0 Å². The molecule has 2 rings (SSSR count). The number of nitrogens with one attached hydrogen (secondary N) is 1. The second kappa shape index (κ2) is 6.18. The molecule has 0 spiro atoms. The average Bonchev–Trinajstić information content (AvgIpc) is 2.77. The molecule has 2 unspecified atom stereocenters. The van der Waals surface area contributed by atoms with Crippen LogP contribution in [-0.4, -0.2) is 23.4 Å². The zero-order chi connectivity index (χ0) is 15.6. The molecular weight excluding hydrogens is 260 g/mol. The summed E-state index contributed by atoms with van der Waals surface area (Å²) in [6.07, 6.45) is 1.06. The number of carbonyl (C=O) groups is 1. The maximum Gasteiger partial charge on any atom is 0.241 e. The van der Waals surface area contributed by atoms with Gasteiger partial charge in [0.15, 0.2) is 0 Å². The minimum absolute atomic E-state index is 0.00285. The molecule has 0 saturated carbocycles. The van der Waals surface area contributed by atoms with E-state index in [1.165, 1.54) is 5.56 Å². The van der Waals surface area contributed by atoms with Gasteiger partial charge in [0.05, 0.1) is 6.04 Å². The third-order valence-electron chi connectivity index (χ3n) is 4.54. The lowest BCUT2D eigenvalue weighted by molar-refractivity contribution is -0.132. The molecule has 1 saturated heterocycles. The average molecular weight is 288 g/mol. The molecule has 0 aliphatic carbocycles. The highest BCUT2D eigenvalue weighted by Gasteiger charge is 2.42. The van der Waals surface area contributed by atoms with Crippen LogP contribution in [0.4, 0.5) is 0 Å². The third kappa shape index (κ3) is 3.46. The van der Waals surface area contributed by atoms with Crippen molar-refractivity contribution in [1.29, 1.82) is 0 Å². The fourth-order valence-corrected chi connectivity index (χ4v) is 2.77. The van der Waals surface area contributed by atoms with E-state index in [1.54, 1.807) is 0 Å². The number of hydrogen-bond donors (Lipinski definition) is 1. The fourth-order valence-electron chi connectivity index (χ4n) is 2.77. The molecule has 2 atom stereocenters. The Labute approximate surface area is 128 Å². The lowest BCUT2D eigenvalue weighted by Gasteiger charge is -2.33. The van der Waals surface area contributed by atoms with Gasteiger partial charge in [-0.05, 0) is 23.3 Å². The van der Waals surface area contributed by atoms with Gasteiger partial charge in [-0.3, -0.25) is 10.1 Å². The predicted molar refractivity (Wildman–Crippen MR) is 86.7 cm³/mol. The molecule has 3 nitrogen and oxygen atoms in total. The highest BCUT2D eigenvalue weighted by molar-refractivity contribution is 5.85. The first kappa shape index (κ1) is 16.0. The van der Waals surface area contributed by atoms with Crippen molar-refractivity contribution in [3.63, 3.8) is 0 Å². The van der Waals surface area contributed by atoms with Crippen LogP contribution < -0.4 is 5.32 Å². The van der Waals surface area contributed by atoms with E-state index in [9.17, 15) is 4.79 Å². The van der Waals surface area contributed by atoms with Crippen LogP contribution in [-0.2, 0) is 4.79 Å². The maximum absolute atomic E-state index is 12.8. The van der Waals surface area contributed by atoms with Gasteiger partial charge in [0.25, 0.3) is 0 Å². The number of amides is 1. The van der Waals surface area contributed by atoms with E-state index in [1.807, 2.05) is 23.1 Å². The van der Waals surface area contributed by atoms with Crippen molar-refractivity contribution in [1.82, 2.24) is 10.2 Å². The molecule has 1 amide bonds. The number of hydrogen-bond acceptors (Lipinski definition) is 2. The SMILES string of the molecule is CCC(C)(C)CN1C(=O)C(C(C)C)NC1c1ccccc1. The summed E-state index contributed by atoms with van der Waals surface area (Å²) in [4.78, 5) is 14.8. The second-order valence-electron chi connectivity index (χ2n) is 7.19. The van der Waals surface area contributed by atoms with Gasteiger partial charge in [0, 0.05) is 6.54 Å². The summed E-state index contributed by atoms with van der Waals surface area (Å²) in [7, 11) is 0. The summed E-state index contributed by atoms with van der Waals surface area (Å²) in [5.74, 6) is 0.541. The van der Waals surface area contributed by atoms with E-state index in [-0.39, 0.29) is 23.5 Å². The number of benzene rings is 1. The van der Waals surface area contributed by atoms with E-state index in [0.29, 0.717) is 5.92 Å². The Bertz CT molecular complexity index is 481. The van der Waals surface area contributed by atoms with Crippen molar-refractivity contribution >= 4 is 5.91 Å². The molecule has 0 bridgehead atoms. The first-order chi connectivity index (χ1) is 9.85. The topological polar surface area (TPSA) is 32.3 Å². The van der Waals surface area contributed by atoms with Gasteiger partial charge in [-0.25, -0.2) is 0 Å². The Morgan fingerprint density at radius 1 is 1.24 bits per heavy atom. The molecule has 1 N–H and O–H groups in total. The second-order valence-corrected chi connectivity index (χ2v) is 7.19. The summed E-state index contributed by atoms with van der Waals surface area (Å²) in [6, 6.07) is 10.2. The highest BCUT2D eigenvalue weighted by atomic mass is 16.2. The van der Waals surface area contributed by atoms with Crippen molar-refractivity contribution in [2.75, 3.05) is 6.54 Å². The maximum atomic E-state index is 12.8. The molecule has 1 aromatic rings. The van der Waals surface area contributed by atoms with Crippen LogP contribution in [0.15, 0.2) is 30.3 Å². The standard InChI is InChI=1S/C18H28N2O/c1-6-18(4,5)12-20-16(14-10-8-7-9-11-14)19-15(13(2)3)17(20)21/h7-11,13,15-16,19H,6,12H2,1-5H3. The molecule has 1 aliphatic heterocycles. The van der Waals surface area contributed by atoms with Gasteiger partial charge in [0.1, 0.15) is 6.17 Å². The summed E-state index contributed by atoms with van der Waals surface area (Å²) < 4.78 is 0. The quantitative estimate of drug-likeness (QED) is 0.898. The minimum atomic E-state index is -0.0807. The van der Waals surface area contributed by atoms with Crippen LogP contribution in [0, 0.1) is 11.3 Å². The fraction of sp³-hybridized carbons (Fsp3) is 0.611. The molecule has 1 aliphatic rings. The lowest BCUT2D eigenvalue weighted by atomic mass is 9.89. The lowest BCUT2D eigenvalue weighted by Crippen LogP contribution is -2.39. The van der Waals surface area contributed by atoms with Crippen LogP contribution >= 0.6 is 0 Å². The smallest absolute Gasteiger partial charge is 0.241 e. The van der Waals surface area contributed by atoms with Crippen LogP contribution in [0.25, 0.3) is 0 Å². The number of carbonyl (C=O) groups excluding carboxylic acids is 1. The van der Waals surface area contributed by atoms with Crippen LogP contribution in [0.3, 0.4) is 0 Å². The van der Waals surface area contributed by atoms with Gasteiger partial charge < -0.3 is 4.90 Å². The van der Waals surface area contributed by atoms with Crippen molar-refractivity contribution in [3.05, 3.63) is 35.9 Å². The summed E-state index contributed by atoms with van der Waals surface area (Å²) in [6.45, 7) is 11.6. The van der Waals surface area contributed by atoms with E-state index in [4.69, 9.17) is 0 Å². The first-order valence-electron chi connectivity index (χ1n) is 7.97. The van der Waals surface area contributed by atoms with E-state index >= 15 is 0 Å². The Balaban J connectivity index is 2.30. The summed E-state index contributed by atoms with van der Waals surface area (Å²) in [5.41, 5.74) is 1.30. The van der Waals surface area contributed by atoms with Crippen molar-refractivity contribution in [2.24, 2.45) is 11.3 Å². The third-order valence-corrected chi connectivity index (χ3v) is 4.54. The van der Waals surface area contributed by atoms with E-state index in [2.05, 4.69) is 52.1 Å². The normalized spacial score (nSPS) is 23.1. The zero-order valence-corrected chi connectivity index (χ0v) is 13.9. The van der Waals surface area contributed by atoms with Crippen LogP contribution in [0.1, 0.15) is 52.8 Å². The molecule has 1 aromatic carbocycles. The summed E-state index contributed by atoms with van der Waals surface area (Å²) >= 11 is 0.